The first-order valence-electron chi connectivity index (χ1n) is 17.7. The molecule has 0 saturated heterocycles. The van der Waals surface area contributed by atoms with Crippen LogP contribution in [-0.4, -0.2) is 85.0 Å². The first-order valence-corrected chi connectivity index (χ1v) is 17.7. The molecule has 0 saturated carbocycles. The van der Waals surface area contributed by atoms with E-state index < -0.39 is 23.6 Å². The van der Waals surface area contributed by atoms with Crippen molar-refractivity contribution in [2.45, 2.75) is 46.8 Å². The van der Waals surface area contributed by atoms with E-state index in [1.54, 1.807) is 39.8 Å². The Bertz CT molecular complexity index is 2490. The SMILES string of the molecule is CCn1nc(C)cc1C(=O)Nc1nc2cc(C(N)=O)cc(OC)c2n1C/C=C/Cn1c(NC(=O)c2cc(C)no2)nc2cc(C(N)=O)cc(OCCCNC)c21. The molecule has 0 fully saturated rings. The van der Waals surface area contributed by atoms with Gasteiger partial charge in [-0.15, -0.1) is 0 Å². The third-order valence-electron chi connectivity index (χ3n) is 8.71. The number of nitrogens with two attached hydrogens (primary N) is 2. The minimum atomic E-state index is -0.674. The van der Waals surface area contributed by atoms with Crippen LogP contribution in [0.25, 0.3) is 22.1 Å². The Labute approximate surface area is 320 Å². The third kappa shape index (κ3) is 8.06. The number of methoxy groups -OCH3 is 1. The molecule has 0 aliphatic carbocycles. The maximum absolute atomic E-state index is 13.6. The zero-order chi connectivity index (χ0) is 40.1. The van der Waals surface area contributed by atoms with E-state index in [1.165, 1.54) is 31.4 Å². The van der Waals surface area contributed by atoms with Crippen LogP contribution in [0.5, 0.6) is 11.5 Å². The van der Waals surface area contributed by atoms with Crippen LogP contribution in [0.4, 0.5) is 11.9 Å². The van der Waals surface area contributed by atoms with Crippen LogP contribution in [0.15, 0.2) is 53.1 Å². The maximum atomic E-state index is 13.6. The highest BCUT2D eigenvalue weighted by atomic mass is 16.5. The Morgan fingerprint density at radius 2 is 1.41 bits per heavy atom. The van der Waals surface area contributed by atoms with Crippen molar-refractivity contribution in [2.24, 2.45) is 11.5 Å². The maximum Gasteiger partial charge on any atom is 0.296 e. The van der Waals surface area contributed by atoms with Gasteiger partial charge in [-0.3, -0.25) is 34.5 Å². The van der Waals surface area contributed by atoms with E-state index in [9.17, 15) is 19.2 Å². The lowest BCUT2D eigenvalue weighted by atomic mass is 10.1. The largest absolute Gasteiger partial charge is 0.494 e. The molecule has 0 aliphatic rings. The highest BCUT2D eigenvalue weighted by Crippen LogP contribution is 2.33. The first kappa shape index (κ1) is 38.7. The Kier molecular flexibility index (Phi) is 11.4. The zero-order valence-electron chi connectivity index (χ0n) is 31.5. The monoisotopic (exact) mass is 766 g/mol. The molecular formula is C37H42N12O7. The van der Waals surface area contributed by atoms with Gasteiger partial charge in [0.05, 0.1) is 36.1 Å². The molecule has 4 aromatic heterocycles. The summed E-state index contributed by atoms with van der Waals surface area (Å²) in [6.45, 7) is 7.16. The van der Waals surface area contributed by atoms with Crippen LogP contribution < -0.4 is 36.9 Å². The molecule has 2 aromatic carbocycles. The van der Waals surface area contributed by atoms with E-state index in [1.807, 2.05) is 26.1 Å². The van der Waals surface area contributed by atoms with Gasteiger partial charge in [-0.1, -0.05) is 17.3 Å². The normalized spacial score (nSPS) is 11.4. The number of nitrogens with one attached hydrogen (secondary N) is 3. The van der Waals surface area contributed by atoms with Gasteiger partial charge in [0.15, 0.2) is 0 Å². The molecule has 0 unspecified atom stereocenters. The Morgan fingerprint density at radius 1 is 0.821 bits per heavy atom. The van der Waals surface area contributed by atoms with Gasteiger partial charge in [0.25, 0.3) is 11.8 Å². The summed E-state index contributed by atoms with van der Waals surface area (Å²) < 4.78 is 22.0. The van der Waals surface area contributed by atoms with Gasteiger partial charge in [-0.05, 0) is 71.1 Å². The van der Waals surface area contributed by atoms with Crippen molar-refractivity contribution in [3.63, 3.8) is 0 Å². The van der Waals surface area contributed by atoms with E-state index in [0.29, 0.717) is 76.8 Å². The minimum Gasteiger partial charge on any atom is -0.494 e. The number of carbonyl (C=O) groups is 4. The summed E-state index contributed by atoms with van der Waals surface area (Å²) >= 11 is 0. The smallest absolute Gasteiger partial charge is 0.296 e. The Morgan fingerprint density at radius 3 is 1.95 bits per heavy atom. The van der Waals surface area contributed by atoms with Gasteiger partial charge in [0.2, 0.25) is 29.5 Å². The van der Waals surface area contributed by atoms with Crippen molar-refractivity contribution in [3.05, 3.63) is 82.5 Å². The number of nitrogens with zero attached hydrogens (tertiary/aromatic N) is 7. The van der Waals surface area contributed by atoms with Crippen molar-refractivity contribution in [1.82, 2.24) is 39.4 Å². The van der Waals surface area contributed by atoms with Crippen molar-refractivity contribution in [1.29, 1.82) is 0 Å². The molecule has 0 spiro atoms. The van der Waals surface area contributed by atoms with Crippen LogP contribution in [-0.2, 0) is 19.6 Å². The molecule has 56 heavy (non-hydrogen) atoms. The lowest BCUT2D eigenvalue weighted by Crippen LogP contribution is -2.20. The van der Waals surface area contributed by atoms with E-state index in [4.69, 9.17) is 25.5 Å². The topological polar surface area (TPSA) is 254 Å². The second-order valence-electron chi connectivity index (χ2n) is 12.7. The summed E-state index contributed by atoms with van der Waals surface area (Å²) in [7, 11) is 3.29. The van der Waals surface area contributed by atoms with E-state index in [2.05, 4.69) is 36.2 Å². The predicted molar refractivity (Wildman–Crippen MR) is 206 cm³/mol. The Balaban J connectivity index is 1.40. The van der Waals surface area contributed by atoms with Crippen LogP contribution in [0.1, 0.15) is 66.5 Å². The van der Waals surface area contributed by atoms with Crippen molar-refractivity contribution in [2.75, 3.05) is 37.9 Å². The summed E-state index contributed by atoms with van der Waals surface area (Å²) in [4.78, 5) is 60.6. The summed E-state index contributed by atoms with van der Waals surface area (Å²) in [5, 5.41) is 16.9. The highest BCUT2D eigenvalue weighted by Gasteiger charge is 2.23. The fourth-order valence-electron chi connectivity index (χ4n) is 6.12. The molecule has 0 atom stereocenters. The van der Waals surface area contributed by atoms with Crippen LogP contribution in [0.3, 0.4) is 0 Å². The number of rotatable bonds is 17. The first-order chi connectivity index (χ1) is 26.9. The summed E-state index contributed by atoms with van der Waals surface area (Å²) in [6, 6.07) is 9.28. The Hall–Kier alpha value is -7.02. The lowest BCUT2D eigenvalue weighted by molar-refractivity contribution is 0.0981. The third-order valence-corrected chi connectivity index (χ3v) is 8.71. The van der Waals surface area contributed by atoms with E-state index >= 15 is 0 Å². The second kappa shape index (κ2) is 16.6. The molecule has 292 valence electrons. The number of primary amides is 2. The minimum absolute atomic E-state index is 0.0230. The average molecular weight is 767 g/mol. The van der Waals surface area contributed by atoms with Crippen molar-refractivity contribution < 1.29 is 33.2 Å². The number of amides is 4. The fraction of sp³-hybridized carbons (Fsp3) is 0.297. The number of imidazole rings is 2. The molecule has 4 heterocycles. The fourth-order valence-corrected chi connectivity index (χ4v) is 6.12. The number of aryl methyl sites for hydroxylation is 3. The number of allylic oxidation sites excluding steroid dienone is 2. The van der Waals surface area contributed by atoms with Crippen molar-refractivity contribution in [3.8, 4) is 11.5 Å². The summed E-state index contributed by atoms with van der Waals surface area (Å²) in [6.07, 6.45) is 4.31. The van der Waals surface area contributed by atoms with Crippen LogP contribution >= 0.6 is 0 Å². The van der Waals surface area contributed by atoms with Crippen LogP contribution in [0.2, 0.25) is 0 Å². The molecule has 0 radical (unpaired) electrons. The number of anilines is 2. The molecule has 6 aromatic rings. The van der Waals surface area contributed by atoms with Crippen LogP contribution in [0, 0.1) is 13.8 Å². The van der Waals surface area contributed by atoms with E-state index in [-0.39, 0.29) is 41.9 Å². The molecular weight excluding hydrogens is 724 g/mol. The molecule has 0 aliphatic heterocycles. The number of fused-ring (bicyclic) bond motifs is 2. The molecule has 0 bridgehead atoms. The zero-order valence-corrected chi connectivity index (χ0v) is 31.5. The van der Waals surface area contributed by atoms with Gasteiger partial charge in [0, 0.05) is 36.8 Å². The summed E-state index contributed by atoms with van der Waals surface area (Å²) in [5.74, 6) is -1.44. The molecule has 7 N–H and O–H groups in total. The van der Waals surface area contributed by atoms with Gasteiger partial charge in [-0.25, -0.2) is 9.97 Å². The quantitative estimate of drug-likeness (QED) is 0.0663. The standard InChI is InChI=1S/C37H42N12O7/c1-6-49-26(14-20(2)45-49)34(52)43-36-41-24-16-22(32(38)50)18-27(54-5)30(24)47(36)11-7-8-12-48-31-25(42-37(48)44-35(53)29-15-21(3)46-56-29)17-23(33(39)51)19-28(31)55-13-9-10-40-4/h7-8,14-19,40H,6,9-13H2,1-5H3,(H2,38,50)(H2,39,51)(H,41,43,52)(H,42,44,53)/b8-7+. The number of aromatic nitrogens is 7. The summed E-state index contributed by atoms with van der Waals surface area (Å²) in [5.41, 5.74) is 14.9. The predicted octanol–water partition coefficient (Wildman–Crippen LogP) is 3.16. The number of benzene rings is 2. The number of hydrogen-bond acceptors (Lipinski definition) is 12. The van der Waals surface area contributed by atoms with Gasteiger partial charge in [0.1, 0.15) is 28.2 Å². The number of ether oxygens (including phenoxy) is 2. The highest BCUT2D eigenvalue weighted by molar-refractivity contribution is 6.05. The van der Waals surface area contributed by atoms with Gasteiger partial charge < -0.3 is 39.9 Å². The number of hydrogen-bond donors (Lipinski definition) is 5. The number of carbonyl (C=O) groups excluding carboxylic acids is 4. The molecule has 19 heteroatoms. The lowest BCUT2D eigenvalue weighted by Gasteiger charge is -2.13. The van der Waals surface area contributed by atoms with Crippen molar-refractivity contribution >= 4 is 57.6 Å². The molecule has 6 rings (SSSR count). The van der Waals surface area contributed by atoms with E-state index in [0.717, 1.165) is 0 Å². The van der Waals surface area contributed by atoms with Gasteiger partial charge in [-0.2, -0.15) is 5.10 Å². The molecule has 4 amide bonds. The molecule has 19 nitrogen and oxygen atoms in total. The van der Waals surface area contributed by atoms with Gasteiger partial charge >= 0.3 is 0 Å². The average Bonchev–Trinajstić information content (AvgIpc) is 3.95. The second-order valence-corrected chi connectivity index (χ2v) is 12.7.